The Bertz CT molecular complexity index is 548. The molecule has 0 fully saturated rings. The van der Waals surface area contributed by atoms with Gasteiger partial charge in [0.15, 0.2) is 0 Å². The molecule has 2 aromatic rings. The number of anilines is 1. The number of ether oxygens (including phenoxy) is 1. The Labute approximate surface area is 124 Å². The molecular formula is C15H18ClN3O. The van der Waals surface area contributed by atoms with Gasteiger partial charge in [0.2, 0.25) is 5.88 Å². The molecule has 0 bridgehead atoms. The number of halogens is 1. The van der Waals surface area contributed by atoms with E-state index in [0.29, 0.717) is 24.2 Å². The van der Waals surface area contributed by atoms with Gasteiger partial charge < -0.3 is 10.1 Å². The highest BCUT2D eigenvalue weighted by Gasteiger charge is 2.11. The van der Waals surface area contributed by atoms with E-state index in [1.54, 1.807) is 6.07 Å². The molecule has 0 spiro atoms. The normalized spacial score (nSPS) is 11.9. The maximum Gasteiger partial charge on any atom is 0.218 e. The molecule has 0 aliphatic heterocycles. The molecule has 0 radical (unpaired) electrons. The Morgan fingerprint density at radius 2 is 2.00 bits per heavy atom. The van der Waals surface area contributed by atoms with Crippen molar-refractivity contribution in [3.63, 3.8) is 0 Å². The van der Waals surface area contributed by atoms with E-state index in [4.69, 9.17) is 16.3 Å². The summed E-state index contributed by atoms with van der Waals surface area (Å²) >= 11 is 6.06. The Morgan fingerprint density at radius 3 is 2.65 bits per heavy atom. The number of aryl methyl sites for hydroxylation is 1. The van der Waals surface area contributed by atoms with E-state index in [-0.39, 0.29) is 6.04 Å². The average molecular weight is 292 g/mol. The molecule has 2 rings (SSSR count). The molecule has 0 aliphatic rings. The van der Waals surface area contributed by atoms with Crippen LogP contribution in [0.25, 0.3) is 0 Å². The van der Waals surface area contributed by atoms with Crippen LogP contribution in [0.15, 0.2) is 36.4 Å². The molecule has 5 heteroatoms. The first-order valence-corrected chi connectivity index (χ1v) is 7.12. The first kappa shape index (κ1) is 14.6. The molecule has 1 heterocycles. The van der Waals surface area contributed by atoms with Gasteiger partial charge in [0.05, 0.1) is 12.6 Å². The first-order chi connectivity index (χ1) is 9.72. The summed E-state index contributed by atoms with van der Waals surface area (Å²) in [5.74, 6) is 2.41. The molecule has 1 N–H and O–H groups in total. The summed E-state index contributed by atoms with van der Waals surface area (Å²) in [7, 11) is 0. The van der Waals surface area contributed by atoms with Crippen LogP contribution in [0.5, 0.6) is 5.88 Å². The molecule has 0 aliphatic carbocycles. The van der Waals surface area contributed by atoms with E-state index in [0.717, 1.165) is 11.4 Å². The lowest BCUT2D eigenvalue weighted by Crippen LogP contribution is -2.14. The first-order valence-electron chi connectivity index (χ1n) is 6.59. The van der Waals surface area contributed by atoms with Gasteiger partial charge in [-0.2, -0.15) is 4.98 Å². The molecule has 1 aromatic heterocycles. The monoisotopic (exact) mass is 291 g/mol. The van der Waals surface area contributed by atoms with Crippen LogP contribution in [-0.4, -0.2) is 22.5 Å². The second kappa shape index (κ2) is 7.10. The maximum atomic E-state index is 6.06. The van der Waals surface area contributed by atoms with Crippen LogP contribution in [0.1, 0.15) is 24.4 Å². The fourth-order valence-electron chi connectivity index (χ4n) is 1.91. The average Bonchev–Trinajstić information content (AvgIpc) is 2.45. The summed E-state index contributed by atoms with van der Waals surface area (Å²) in [6, 6.07) is 11.8. The van der Waals surface area contributed by atoms with Crippen LogP contribution in [0, 0.1) is 6.92 Å². The molecule has 1 unspecified atom stereocenters. The van der Waals surface area contributed by atoms with Crippen molar-refractivity contribution < 1.29 is 4.74 Å². The highest BCUT2D eigenvalue weighted by molar-refractivity contribution is 6.18. The van der Waals surface area contributed by atoms with E-state index in [1.165, 1.54) is 0 Å². The van der Waals surface area contributed by atoms with Crippen molar-refractivity contribution in [2.45, 2.75) is 19.9 Å². The third kappa shape index (κ3) is 3.84. The largest absolute Gasteiger partial charge is 0.478 e. The third-order valence-corrected chi connectivity index (χ3v) is 3.09. The number of benzene rings is 1. The van der Waals surface area contributed by atoms with Crippen LogP contribution in [0.2, 0.25) is 0 Å². The number of aromatic nitrogens is 2. The SMILES string of the molecule is CCOc1cc(NC(CCl)c2ccccc2)nc(C)n1. The zero-order valence-electron chi connectivity index (χ0n) is 11.6. The topological polar surface area (TPSA) is 47.0 Å². The Morgan fingerprint density at radius 1 is 1.25 bits per heavy atom. The van der Waals surface area contributed by atoms with Crippen LogP contribution >= 0.6 is 11.6 Å². The lowest BCUT2D eigenvalue weighted by Gasteiger charge is -2.17. The van der Waals surface area contributed by atoms with E-state index >= 15 is 0 Å². The summed E-state index contributed by atoms with van der Waals surface area (Å²) in [5.41, 5.74) is 1.12. The Hall–Kier alpha value is -1.81. The molecule has 20 heavy (non-hydrogen) atoms. The lowest BCUT2D eigenvalue weighted by atomic mass is 10.1. The van der Waals surface area contributed by atoms with Crippen molar-refractivity contribution in [3.8, 4) is 5.88 Å². The van der Waals surface area contributed by atoms with Gasteiger partial charge in [0, 0.05) is 11.9 Å². The summed E-state index contributed by atoms with van der Waals surface area (Å²) in [6.45, 7) is 4.34. The zero-order chi connectivity index (χ0) is 14.4. The van der Waals surface area contributed by atoms with Crippen molar-refractivity contribution in [1.82, 2.24) is 9.97 Å². The van der Waals surface area contributed by atoms with Gasteiger partial charge in [-0.3, -0.25) is 0 Å². The van der Waals surface area contributed by atoms with Gasteiger partial charge in [0.1, 0.15) is 11.6 Å². The van der Waals surface area contributed by atoms with Crippen molar-refractivity contribution in [3.05, 3.63) is 47.8 Å². The van der Waals surface area contributed by atoms with Crippen molar-refractivity contribution in [2.75, 3.05) is 17.8 Å². The van der Waals surface area contributed by atoms with Gasteiger partial charge in [-0.05, 0) is 19.4 Å². The zero-order valence-corrected chi connectivity index (χ0v) is 12.4. The summed E-state index contributed by atoms with van der Waals surface area (Å²) in [6.07, 6.45) is 0. The minimum atomic E-state index is 0.00152. The lowest BCUT2D eigenvalue weighted by molar-refractivity contribution is 0.325. The number of hydrogen-bond donors (Lipinski definition) is 1. The molecule has 106 valence electrons. The summed E-state index contributed by atoms with van der Waals surface area (Å²) in [5, 5.41) is 3.32. The molecule has 0 saturated heterocycles. The minimum absolute atomic E-state index is 0.00152. The Kier molecular flexibility index (Phi) is 5.18. The second-order valence-electron chi connectivity index (χ2n) is 4.33. The number of hydrogen-bond acceptors (Lipinski definition) is 4. The Balaban J connectivity index is 2.19. The summed E-state index contributed by atoms with van der Waals surface area (Å²) < 4.78 is 5.42. The van der Waals surface area contributed by atoms with Crippen LogP contribution < -0.4 is 10.1 Å². The standard InChI is InChI=1S/C15H18ClN3O/c1-3-20-15-9-14(17-11(2)18-15)19-13(10-16)12-7-5-4-6-8-12/h4-9,13H,3,10H2,1-2H3,(H,17,18,19). The van der Waals surface area contributed by atoms with E-state index in [2.05, 4.69) is 15.3 Å². The predicted octanol–water partition coefficient (Wildman–Crippen LogP) is 3.58. The fourth-order valence-corrected chi connectivity index (χ4v) is 2.17. The number of rotatable bonds is 6. The number of alkyl halides is 1. The summed E-state index contributed by atoms with van der Waals surface area (Å²) in [4.78, 5) is 8.59. The third-order valence-electron chi connectivity index (χ3n) is 2.79. The van der Waals surface area contributed by atoms with Crippen molar-refractivity contribution in [1.29, 1.82) is 0 Å². The highest BCUT2D eigenvalue weighted by atomic mass is 35.5. The predicted molar refractivity (Wildman–Crippen MR) is 81.5 cm³/mol. The van der Waals surface area contributed by atoms with Crippen LogP contribution in [0.4, 0.5) is 5.82 Å². The van der Waals surface area contributed by atoms with Gasteiger partial charge >= 0.3 is 0 Å². The number of nitrogens with zero attached hydrogens (tertiary/aromatic N) is 2. The van der Waals surface area contributed by atoms with Crippen LogP contribution in [-0.2, 0) is 0 Å². The van der Waals surface area contributed by atoms with Gasteiger partial charge in [-0.15, -0.1) is 11.6 Å². The van der Waals surface area contributed by atoms with Gasteiger partial charge in [-0.1, -0.05) is 30.3 Å². The smallest absolute Gasteiger partial charge is 0.218 e. The minimum Gasteiger partial charge on any atom is -0.478 e. The maximum absolute atomic E-state index is 6.06. The van der Waals surface area contributed by atoms with E-state index < -0.39 is 0 Å². The molecule has 0 saturated carbocycles. The number of nitrogens with one attached hydrogen (secondary N) is 1. The molecular weight excluding hydrogens is 274 g/mol. The quantitative estimate of drug-likeness (QED) is 0.827. The molecule has 1 aromatic carbocycles. The van der Waals surface area contributed by atoms with Crippen molar-refractivity contribution in [2.24, 2.45) is 0 Å². The molecule has 0 amide bonds. The van der Waals surface area contributed by atoms with E-state index in [9.17, 15) is 0 Å². The molecule has 4 nitrogen and oxygen atoms in total. The van der Waals surface area contributed by atoms with Gasteiger partial charge in [-0.25, -0.2) is 4.98 Å². The fraction of sp³-hybridized carbons (Fsp3) is 0.333. The van der Waals surface area contributed by atoms with Crippen molar-refractivity contribution >= 4 is 17.4 Å². The second-order valence-corrected chi connectivity index (χ2v) is 4.64. The van der Waals surface area contributed by atoms with Gasteiger partial charge in [0.25, 0.3) is 0 Å². The molecule has 1 atom stereocenters. The van der Waals surface area contributed by atoms with E-state index in [1.807, 2.05) is 44.2 Å². The van der Waals surface area contributed by atoms with Crippen LogP contribution in [0.3, 0.4) is 0 Å². The highest BCUT2D eigenvalue weighted by Crippen LogP contribution is 2.21.